The summed E-state index contributed by atoms with van der Waals surface area (Å²) in [5, 5.41) is 0.847. The summed E-state index contributed by atoms with van der Waals surface area (Å²) in [6.07, 6.45) is 1.68. The smallest absolute Gasteiger partial charge is 0.442 e. The van der Waals surface area contributed by atoms with Gasteiger partial charge < -0.3 is 9.47 Å². The third-order valence-corrected chi connectivity index (χ3v) is 4.14. The van der Waals surface area contributed by atoms with Gasteiger partial charge in [0.1, 0.15) is 17.0 Å². The highest BCUT2D eigenvalue weighted by atomic mass is 19.1. The van der Waals surface area contributed by atoms with Gasteiger partial charge in [0, 0.05) is 0 Å². The minimum absolute atomic E-state index is 0.296. The second kappa shape index (κ2) is 10.5. The maximum Gasteiger partial charge on any atom is 0.534 e. The molecular weight excluding hydrogens is 425 g/mol. The van der Waals surface area contributed by atoms with Crippen molar-refractivity contribution in [2.75, 3.05) is 0 Å². The molecule has 1 atom stereocenters. The van der Waals surface area contributed by atoms with Crippen molar-refractivity contribution in [1.29, 1.82) is 0 Å². The molecule has 0 heterocycles. The summed E-state index contributed by atoms with van der Waals surface area (Å²) < 4.78 is 23.8. The Morgan fingerprint density at radius 1 is 0.909 bits per heavy atom. The second-order valence-electron chi connectivity index (χ2n) is 9.59. The Morgan fingerprint density at radius 2 is 1.52 bits per heavy atom. The minimum atomic E-state index is -1.01. The fourth-order valence-electron chi connectivity index (χ4n) is 2.74. The largest absolute Gasteiger partial charge is 0.534 e. The lowest BCUT2D eigenvalue weighted by molar-refractivity contribution is -0.145. The van der Waals surface area contributed by atoms with Crippen LogP contribution >= 0.6 is 0 Å². The Hall–Kier alpha value is -3.35. The maximum absolute atomic E-state index is 13.2. The number of rotatable bonds is 4. The van der Waals surface area contributed by atoms with Gasteiger partial charge in [-0.3, -0.25) is 4.84 Å². The Kier molecular flexibility index (Phi) is 8.25. The summed E-state index contributed by atoms with van der Waals surface area (Å²) in [6.45, 7) is 11.9. The normalized spacial score (nSPS) is 12.8. The van der Waals surface area contributed by atoms with Crippen molar-refractivity contribution >= 4 is 18.3 Å². The monoisotopic (exact) mass is 457 g/mol. The summed E-state index contributed by atoms with van der Waals surface area (Å²) in [7, 11) is 0. The molecular formula is C26H32FNO5. The van der Waals surface area contributed by atoms with Crippen LogP contribution in [0.25, 0.3) is 17.2 Å². The number of benzene rings is 2. The standard InChI is InChI=1S/C26H32FNO5/c1-18(28(23(29)31-25(2,3)4)33-24(30)32-26(5,6)7)11-12-19-9-8-10-21(17-19)20-13-15-22(27)16-14-20/h8-18H,1-7H3/b12-11+. The van der Waals surface area contributed by atoms with E-state index in [9.17, 15) is 14.0 Å². The van der Waals surface area contributed by atoms with Crippen molar-refractivity contribution in [2.24, 2.45) is 0 Å². The van der Waals surface area contributed by atoms with Gasteiger partial charge in [0.2, 0.25) is 0 Å². The molecule has 2 rings (SSSR count). The summed E-state index contributed by atoms with van der Waals surface area (Å²) in [5.41, 5.74) is 1.09. The van der Waals surface area contributed by atoms with E-state index in [4.69, 9.17) is 14.3 Å². The van der Waals surface area contributed by atoms with Crippen LogP contribution in [0.1, 0.15) is 54.0 Å². The van der Waals surface area contributed by atoms with E-state index in [1.54, 1.807) is 72.8 Å². The van der Waals surface area contributed by atoms with Gasteiger partial charge in [0.05, 0.1) is 6.04 Å². The Balaban J connectivity index is 2.22. The Morgan fingerprint density at radius 3 is 2.09 bits per heavy atom. The molecule has 2 aromatic carbocycles. The topological polar surface area (TPSA) is 65.1 Å². The number of halogens is 1. The molecule has 7 heteroatoms. The second-order valence-corrected chi connectivity index (χ2v) is 9.59. The summed E-state index contributed by atoms with van der Waals surface area (Å²) in [5.74, 6) is -0.296. The van der Waals surface area contributed by atoms with Gasteiger partial charge in [-0.25, -0.2) is 14.0 Å². The van der Waals surface area contributed by atoms with Gasteiger partial charge >= 0.3 is 12.2 Å². The van der Waals surface area contributed by atoms with Crippen molar-refractivity contribution in [3.63, 3.8) is 0 Å². The molecule has 0 N–H and O–H groups in total. The van der Waals surface area contributed by atoms with Gasteiger partial charge in [-0.05, 0) is 83.4 Å². The molecule has 0 spiro atoms. The Bertz CT molecular complexity index is 987. The van der Waals surface area contributed by atoms with Crippen LogP contribution in [-0.2, 0) is 14.3 Å². The van der Waals surface area contributed by atoms with E-state index < -0.39 is 29.5 Å². The number of hydrogen-bond acceptors (Lipinski definition) is 5. The third-order valence-electron chi connectivity index (χ3n) is 4.14. The summed E-state index contributed by atoms with van der Waals surface area (Å²) in [4.78, 5) is 30.1. The minimum Gasteiger partial charge on any atom is -0.442 e. The van der Waals surface area contributed by atoms with Gasteiger partial charge in [-0.15, -0.1) is 5.06 Å². The molecule has 0 aliphatic rings. The first kappa shape index (κ1) is 25.9. The third kappa shape index (κ3) is 8.96. The molecule has 0 saturated heterocycles. The van der Waals surface area contributed by atoms with Gasteiger partial charge in [-0.1, -0.05) is 42.5 Å². The zero-order valence-corrected chi connectivity index (χ0v) is 20.2. The summed E-state index contributed by atoms with van der Waals surface area (Å²) in [6, 6.07) is 13.2. The number of ether oxygens (including phenoxy) is 2. The van der Waals surface area contributed by atoms with Crippen molar-refractivity contribution < 1.29 is 28.3 Å². The van der Waals surface area contributed by atoms with Crippen LogP contribution < -0.4 is 0 Å². The zero-order valence-electron chi connectivity index (χ0n) is 20.2. The first-order valence-electron chi connectivity index (χ1n) is 10.7. The highest BCUT2D eigenvalue weighted by Crippen LogP contribution is 2.22. The molecule has 0 bridgehead atoms. The number of nitrogens with zero attached hydrogens (tertiary/aromatic N) is 1. The predicted octanol–water partition coefficient (Wildman–Crippen LogP) is 7.00. The average molecular weight is 458 g/mol. The molecule has 0 fully saturated rings. The highest BCUT2D eigenvalue weighted by Gasteiger charge is 2.30. The van der Waals surface area contributed by atoms with E-state index in [1.807, 2.05) is 24.3 Å². The van der Waals surface area contributed by atoms with Crippen LogP contribution in [-0.4, -0.2) is 34.6 Å². The average Bonchev–Trinajstić information content (AvgIpc) is 2.68. The van der Waals surface area contributed by atoms with E-state index in [-0.39, 0.29) is 5.82 Å². The first-order valence-corrected chi connectivity index (χ1v) is 10.7. The van der Waals surface area contributed by atoms with Crippen molar-refractivity contribution in [2.45, 2.75) is 65.7 Å². The lowest BCUT2D eigenvalue weighted by atomic mass is 10.0. The number of amides is 1. The van der Waals surface area contributed by atoms with Crippen LogP contribution in [0.2, 0.25) is 0 Å². The van der Waals surface area contributed by atoms with E-state index in [0.29, 0.717) is 0 Å². The van der Waals surface area contributed by atoms with Crippen molar-refractivity contribution in [3.05, 3.63) is 66.0 Å². The van der Waals surface area contributed by atoms with Crippen LogP contribution in [0.15, 0.2) is 54.6 Å². The molecule has 0 saturated carbocycles. The molecule has 6 nitrogen and oxygen atoms in total. The van der Waals surface area contributed by atoms with E-state index >= 15 is 0 Å². The molecule has 1 unspecified atom stereocenters. The molecule has 33 heavy (non-hydrogen) atoms. The lowest BCUT2D eigenvalue weighted by Crippen LogP contribution is -2.43. The number of hydrogen-bond donors (Lipinski definition) is 0. The Labute approximate surface area is 194 Å². The fourth-order valence-corrected chi connectivity index (χ4v) is 2.74. The lowest BCUT2D eigenvalue weighted by Gasteiger charge is -2.29. The van der Waals surface area contributed by atoms with E-state index in [0.717, 1.165) is 21.8 Å². The van der Waals surface area contributed by atoms with Crippen molar-refractivity contribution in [1.82, 2.24) is 5.06 Å². The highest BCUT2D eigenvalue weighted by molar-refractivity contribution is 5.71. The molecule has 0 aliphatic carbocycles. The molecule has 0 radical (unpaired) electrons. The SMILES string of the molecule is CC(/C=C/c1cccc(-c2ccc(F)cc2)c1)N(OC(=O)OC(C)(C)C)C(=O)OC(C)(C)C. The maximum atomic E-state index is 13.2. The van der Waals surface area contributed by atoms with Gasteiger partial charge in [0.25, 0.3) is 0 Å². The zero-order chi connectivity index (χ0) is 24.8. The van der Waals surface area contributed by atoms with Crippen LogP contribution in [0, 0.1) is 5.82 Å². The van der Waals surface area contributed by atoms with Gasteiger partial charge in [-0.2, -0.15) is 0 Å². The number of carbonyl (C=O) groups excluding carboxylic acids is 2. The molecule has 0 aliphatic heterocycles. The number of carbonyl (C=O) groups is 2. The van der Waals surface area contributed by atoms with Crippen LogP contribution in [0.4, 0.5) is 14.0 Å². The number of hydroxylamine groups is 2. The fraction of sp³-hybridized carbons (Fsp3) is 0.385. The van der Waals surface area contributed by atoms with Crippen molar-refractivity contribution in [3.8, 4) is 11.1 Å². The quantitative estimate of drug-likeness (QED) is 0.365. The van der Waals surface area contributed by atoms with E-state index in [2.05, 4.69) is 0 Å². The predicted molar refractivity (Wildman–Crippen MR) is 126 cm³/mol. The molecule has 1 amide bonds. The first-order chi connectivity index (χ1) is 15.2. The van der Waals surface area contributed by atoms with Gasteiger partial charge in [0.15, 0.2) is 0 Å². The van der Waals surface area contributed by atoms with Crippen LogP contribution in [0.3, 0.4) is 0 Å². The molecule has 0 aromatic heterocycles. The summed E-state index contributed by atoms with van der Waals surface area (Å²) >= 11 is 0. The van der Waals surface area contributed by atoms with E-state index in [1.165, 1.54) is 12.1 Å². The molecule has 2 aromatic rings. The molecule has 178 valence electrons. The van der Waals surface area contributed by atoms with Crippen LogP contribution in [0.5, 0.6) is 0 Å².